The quantitative estimate of drug-likeness (QED) is 0.309. The summed E-state index contributed by atoms with van der Waals surface area (Å²) in [5, 5.41) is 0. The van der Waals surface area contributed by atoms with E-state index in [1.807, 2.05) is 0 Å². The second-order valence-electron chi connectivity index (χ2n) is 7.13. The van der Waals surface area contributed by atoms with Gasteiger partial charge in [-0.2, -0.15) is 21.6 Å². The van der Waals surface area contributed by atoms with Crippen LogP contribution < -0.4 is 0 Å². The minimum atomic E-state index is -5.64. The van der Waals surface area contributed by atoms with Gasteiger partial charge in [-0.15, -0.1) is 0 Å². The van der Waals surface area contributed by atoms with E-state index in [1.165, 1.54) is 29.4 Å². The van der Waals surface area contributed by atoms with Crippen molar-refractivity contribution in [2.24, 2.45) is 17.8 Å². The predicted molar refractivity (Wildman–Crippen MR) is 110 cm³/mol. The molecular weight excluding hydrogens is 514 g/mol. The molecule has 5 nitrogen and oxygen atoms in total. The first-order valence-electron chi connectivity index (χ1n) is 9.66. The van der Waals surface area contributed by atoms with E-state index in [1.54, 1.807) is 6.92 Å². The van der Waals surface area contributed by atoms with Gasteiger partial charge in [0, 0.05) is 17.9 Å². The molecule has 0 spiro atoms. The fraction of sp³-hybridized carbons (Fsp3) is 1.00. The van der Waals surface area contributed by atoms with E-state index < -0.39 is 39.8 Å². The molecule has 0 N–H and O–H groups in total. The Morgan fingerprint density at radius 1 is 0.897 bits per heavy atom. The zero-order chi connectivity index (χ0) is 23.2. The topological polar surface area (TPSA) is 61.8 Å². The van der Waals surface area contributed by atoms with Gasteiger partial charge in [0.05, 0.1) is 18.3 Å². The monoisotopic (exact) mass is 546 g/mol. The molecule has 0 aromatic heterocycles. The SMILES string of the molecule is [B]C1OC(CC)C(C)C1C.[B]C1OC(CC)C(C)C1OS(=O)(=O)C(F)(F)F.[CH3][SnH]. The van der Waals surface area contributed by atoms with Gasteiger partial charge >= 0.3 is 43.1 Å². The molecular formula is C17H31B2F3O5SSn. The van der Waals surface area contributed by atoms with Gasteiger partial charge in [-0.1, -0.05) is 34.6 Å². The van der Waals surface area contributed by atoms with Crippen molar-refractivity contribution < 1.29 is 35.2 Å². The van der Waals surface area contributed by atoms with Crippen LogP contribution in [0.3, 0.4) is 0 Å². The molecule has 8 atom stereocenters. The summed E-state index contributed by atoms with van der Waals surface area (Å²) in [6.07, 6.45) is 0.273. The van der Waals surface area contributed by atoms with Crippen LogP contribution in [0.25, 0.3) is 0 Å². The van der Waals surface area contributed by atoms with Crippen LogP contribution in [0.1, 0.15) is 47.5 Å². The van der Waals surface area contributed by atoms with Crippen molar-refractivity contribution in [1.82, 2.24) is 0 Å². The van der Waals surface area contributed by atoms with Crippen LogP contribution >= 0.6 is 0 Å². The van der Waals surface area contributed by atoms with E-state index >= 15 is 0 Å². The Kier molecular flexibility index (Phi) is 12.8. The molecule has 6 radical (unpaired) electrons. The first-order chi connectivity index (χ1) is 13.3. The molecule has 2 saturated heterocycles. The summed E-state index contributed by atoms with van der Waals surface area (Å²) < 4.78 is 72.8. The Hall–Kier alpha value is 0.549. The minimum absolute atomic E-state index is 0.0278. The Morgan fingerprint density at radius 3 is 1.59 bits per heavy atom. The summed E-state index contributed by atoms with van der Waals surface area (Å²) in [4.78, 5) is 2.13. The second kappa shape index (κ2) is 12.6. The summed E-state index contributed by atoms with van der Waals surface area (Å²) in [6.45, 7) is 9.81. The van der Waals surface area contributed by atoms with Crippen LogP contribution in [0.2, 0.25) is 4.94 Å². The van der Waals surface area contributed by atoms with E-state index in [2.05, 4.69) is 29.9 Å². The van der Waals surface area contributed by atoms with Crippen LogP contribution in [0, 0.1) is 17.8 Å². The van der Waals surface area contributed by atoms with Crippen molar-refractivity contribution in [2.75, 3.05) is 0 Å². The Balaban J connectivity index is 0.000000554. The van der Waals surface area contributed by atoms with Gasteiger partial charge in [0.15, 0.2) is 0 Å². The third-order valence-corrected chi connectivity index (χ3v) is 6.39. The van der Waals surface area contributed by atoms with Gasteiger partial charge in [0.1, 0.15) is 15.7 Å². The van der Waals surface area contributed by atoms with E-state index in [0.717, 1.165) is 6.42 Å². The van der Waals surface area contributed by atoms with Gasteiger partial charge in [-0.05, 0) is 24.7 Å². The van der Waals surface area contributed by atoms with Gasteiger partial charge < -0.3 is 9.47 Å². The van der Waals surface area contributed by atoms with Crippen molar-refractivity contribution in [2.45, 2.75) is 88.2 Å². The van der Waals surface area contributed by atoms with Crippen LogP contribution in [0.15, 0.2) is 0 Å². The van der Waals surface area contributed by atoms with Gasteiger partial charge in [0.2, 0.25) is 0 Å². The molecule has 2 heterocycles. The average molecular weight is 545 g/mol. The molecule has 0 amide bonds. The van der Waals surface area contributed by atoms with Crippen molar-refractivity contribution in [3.05, 3.63) is 0 Å². The summed E-state index contributed by atoms with van der Waals surface area (Å²) in [7, 11) is 5.48. The standard InChI is InChI=1S/C8H12BF3O4S.C8H15BO.CH3.Sn.H/c1-3-5-4(2)6(7(9)15-5)16-17(13,14)8(10,11)12;1-4-7-5(2)6(3)8(9)10-7;;;/h4-7H,3H2,1-2H3;5-8H,4H2,1-3H3;1H3;;. The number of hydrogen-bond acceptors (Lipinski definition) is 5. The molecule has 12 heteroatoms. The van der Waals surface area contributed by atoms with E-state index in [4.69, 9.17) is 25.2 Å². The summed E-state index contributed by atoms with van der Waals surface area (Å²) in [6, 6.07) is -1.20. The maximum absolute atomic E-state index is 12.1. The zero-order valence-electron chi connectivity index (χ0n) is 17.8. The molecule has 2 fully saturated rings. The number of hydrogen-bond donors (Lipinski definition) is 0. The van der Waals surface area contributed by atoms with Crippen molar-refractivity contribution in [3.63, 3.8) is 0 Å². The fourth-order valence-corrected chi connectivity index (χ4v) is 3.97. The van der Waals surface area contributed by atoms with E-state index in [-0.39, 0.29) is 6.00 Å². The van der Waals surface area contributed by atoms with Gasteiger partial charge in [-0.25, -0.2) is 0 Å². The van der Waals surface area contributed by atoms with Crippen molar-refractivity contribution in [3.8, 4) is 0 Å². The number of rotatable bonds is 4. The molecule has 0 bridgehead atoms. The molecule has 0 aromatic rings. The van der Waals surface area contributed by atoms with Crippen LogP contribution in [-0.2, 0) is 23.8 Å². The molecule has 0 aliphatic carbocycles. The Bertz CT molecular complexity index is 582. The van der Waals surface area contributed by atoms with E-state index in [0.29, 0.717) is 24.4 Å². The summed E-state index contributed by atoms with van der Waals surface area (Å²) in [5.74, 6) is 0.622. The number of alkyl halides is 3. The number of halogens is 3. The molecule has 0 aromatic carbocycles. The first kappa shape index (κ1) is 29.5. The Morgan fingerprint density at radius 2 is 1.31 bits per heavy atom. The molecule has 2 aliphatic heterocycles. The fourth-order valence-electron chi connectivity index (χ4n) is 3.28. The molecule has 29 heavy (non-hydrogen) atoms. The zero-order valence-corrected chi connectivity index (χ0v) is 22.0. The summed E-state index contributed by atoms with van der Waals surface area (Å²) in [5.41, 5.74) is -5.45. The van der Waals surface area contributed by atoms with Gasteiger partial charge in [0.25, 0.3) is 0 Å². The normalized spacial score (nSPS) is 37.3. The third-order valence-electron chi connectivity index (χ3n) is 5.35. The number of ether oxygens (including phenoxy) is 2. The molecule has 8 unspecified atom stereocenters. The molecule has 0 saturated carbocycles. The maximum atomic E-state index is 12.1. The van der Waals surface area contributed by atoms with Crippen LogP contribution in [-0.4, -0.2) is 82.5 Å². The first-order valence-corrected chi connectivity index (χ1v) is 14.4. The van der Waals surface area contributed by atoms with E-state index in [9.17, 15) is 21.6 Å². The molecule has 166 valence electrons. The van der Waals surface area contributed by atoms with Crippen LogP contribution in [0.5, 0.6) is 0 Å². The van der Waals surface area contributed by atoms with Crippen molar-refractivity contribution >= 4 is 48.3 Å². The molecule has 2 aliphatic rings. The predicted octanol–water partition coefficient (Wildman–Crippen LogP) is 2.66. The van der Waals surface area contributed by atoms with Crippen LogP contribution in [0.4, 0.5) is 13.2 Å². The summed E-state index contributed by atoms with van der Waals surface area (Å²) >= 11 is 1.35. The van der Waals surface area contributed by atoms with Gasteiger partial charge in [-0.3, -0.25) is 4.18 Å². The second-order valence-corrected chi connectivity index (χ2v) is 8.70. The molecule has 2 rings (SSSR count). The Labute approximate surface area is 189 Å². The average Bonchev–Trinajstić information content (AvgIpc) is 3.06. The van der Waals surface area contributed by atoms with Crippen molar-refractivity contribution in [1.29, 1.82) is 0 Å². The third kappa shape index (κ3) is 7.87.